The molecule has 0 aliphatic heterocycles. The van der Waals surface area contributed by atoms with Crippen molar-refractivity contribution in [3.63, 3.8) is 0 Å². The number of imidazole rings is 1. The fraction of sp³-hybridized carbons (Fsp3) is 0.125. The van der Waals surface area contributed by atoms with Gasteiger partial charge in [-0.1, -0.05) is 12.1 Å². The molecule has 11 heteroatoms. The van der Waals surface area contributed by atoms with Gasteiger partial charge in [-0.25, -0.2) is 17.8 Å². The summed E-state index contributed by atoms with van der Waals surface area (Å²) in [5.74, 6) is -0.694. The van der Waals surface area contributed by atoms with Crippen LogP contribution in [0.15, 0.2) is 71.6 Å². The molecular weight excluding hydrogens is 473 g/mol. The highest BCUT2D eigenvalue weighted by Gasteiger charge is 2.23. The van der Waals surface area contributed by atoms with Crippen molar-refractivity contribution in [2.45, 2.75) is 11.8 Å². The maximum absolute atomic E-state index is 13.5. The average Bonchev–Trinajstić information content (AvgIpc) is 3.22. The Kier molecular flexibility index (Phi) is 6.63. The topological polar surface area (TPSA) is 124 Å². The lowest BCUT2D eigenvalue weighted by Gasteiger charge is -2.17. The number of anilines is 2. The highest BCUT2D eigenvalue weighted by atomic mass is 32.2. The molecule has 0 spiro atoms. The molecule has 0 fully saturated rings. The zero-order valence-corrected chi connectivity index (χ0v) is 19.7. The molecule has 0 unspecified atom stereocenters. The van der Waals surface area contributed by atoms with E-state index in [-0.39, 0.29) is 16.6 Å². The molecule has 0 radical (unpaired) electrons. The standard InChI is InChI=1S/C24H22FN5O4S/c1-15(31)26-18-6-9-20(10-7-18)35(33,34)30(2)14-23(32)27-19-8-11-21-22(13-19)29-24(28-21)16-4-3-5-17(25)12-16/h3-13H,14H2,1-2H3,(H,26,31)(H,27,32)(H,28,29). The Balaban J connectivity index is 1.44. The number of hydrogen-bond donors (Lipinski definition) is 3. The summed E-state index contributed by atoms with van der Waals surface area (Å²) in [5, 5.41) is 5.24. The van der Waals surface area contributed by atoms with Crippen molar-refractivity contribution >= 4 is 44.2 Å². The van der Waals surface area contributed by atoms with E-state index in [9.17, 15) is 22.4 Å². The second-order valence-corrected chi connectivity index (χ2v) is 9.89. The number of rotatable bonds is 7. The van der Waals surface area contributed by atoms with Crippen LogP contribution in [0.3, 0.4) is 0 Å². The number of fused-ring (bicyclic) bond motifs is 1. The second kappa shape index (κ2) is 9.65. The maximum atomic E-state index is 13.5. The van der Waals surface area contributed by atoms with Crippen LogP contribution in [0.2, 0.25) is 0 Å². The van der Waals surface area contributed by atoms with Crippen molar-refractivity contribution in [2.24, 2.45) is 0 Å². The van der Waals surface area contributed by atoms with Gasteiger partial charge in [0.2, 0.25) is 21.8 Å². The third kappa shape index (κ3) is 5.53. The zero-order chi connectivity index (χ0) is 25.2. The molecule has 0 bridgehead atoms. The quantitative estimate of drug-likeness (QED) is 0.362. The summed E-state index contributed by atoms with van der Waals surface area (Å²) < 4.78 is 40.1. The lowest BCUT2D eigenvalue weighted by atomic mass is 10.2. The summed E-state index contributed by atoms with van der Waals surface area (Å²) in [7, 11) is -2.62. The van der Waals surface area contributed by atoms with Gasteiger partial charge in [-0.15, -0.1) is 0 Å². The van der Waals surface area contributed by atoms with Crippen LogP contribution in [0.25, 0.3) is 22.4 Å². The first-order valence-electron chi connectivity index (χ1n) is 10.5. The number of carbonyl (C=O) groups is 2. The molecule has 1 aromatic heterocycles. The molecule has 0 saturated heterocycles. The SMILES string of the molecule is CC(=O)Nc1ccc(S(=O)(=O)N(C)CC(=O)Nc2ccc3nc(-c4cccc(F)c4)[nH]c3c2)cc1. The van der Waals surface area contributed by atoms with Gasteiger partial charge in [0.15, 0.2) is 0 Å². The fourth-order valence-corrected chi connectivity index (χ4v) is 4.57. The first kappa shape index (κ1) is 24.0. The van der Waals surface area contributed by atoms with Crippen molar-refractivity contribution in [1.82, 2.24) is 14.3 Å². The monoisotopic (exact) mass is 495 g/mol. The number of nitrogens with zero attached hydrogens (tertiary/aromatic N) is 2. The molecule has 0 atom stereocenters. The van der Waals surface area contributed by atoms with Gasteiger partial charge >= 0.3 is 0 Å². The molecule has 1 heterocycles. The molecule has 9 nitrogen and oxygen atoms in total. The van der Waals surface area contributed by atoms with Gasteiger partial charge in [0.1, 0.15) is 11.6 Å². The van der Waals surface area contributed by atoms with E-state index in [2.05, 4.69) is 20.6 Å². The molecule has 35 heavy (non-hydrogen) atoms. The number of sulfonamides is 1. The Morgan fingerprint density at radius 2 is 1.71 bits per heavy atom. The van der Waals surface area contributed by atoms with Crippen LogP contribution in [0, 0.1) is 5.82 Å². The van der Waals surface area contributed by atoms with Gasteiger partial charge in [-0.3, -0.25) is 9.59 Å². The molecule has 4 aromatic rings. The van der Waals surface area contributed by atoms with Crippen molar-refractivity contribution < 1.29 is 22.4 Å². The third-order valence-corrected chi connectivity index (χ3v) is 6.93. The van der Waals surface area contributed by atoms with Gasteiger partial charge in [-0.05, 0) is 54.6 Å². The molecule has 3 N–H and O–H groups in total. The van der Waals surface area contributed by atoms with Gasteiger partial charge in [0.25, 0.3) is 0 Å². The number of aromatic nitrogens is 2. The summed E-state index contributed by atoms with van der Waals surface area (Å²) in [5.41, 5.74) is 2.75. The van der Waals surface area contributed by atoms with Crippen molar-refractivity contribution in [3.05, 3.63) is 72.5 Å². The Hall–Kier alpha value is -4.09. The van der Waals surface area contributed by atoms with Crippen LogP contribution in [0.1, 0.15) is 6.92 Å². The molecule has 0 aliphatic rings. The molecule has 2 amide bonds. The van der Waals surface area contributed by atoms with Crippen LogP contribution in [-0.4, -0.2) is 48.1 Å². The van der Waals surface area contributed by atoms with E-state index in [4.69, 9.17) is 0 Å². The number of carbonyl (C=O) groups excluding carboxylic acids is 2. The number of halogens is 1. The second-order valence-electron chi connectivity index (χ2n) is 7.84. The first-order chi connectivity index (χ1) is 16.6. The molecule has 4 rings (SSSR count). The predicted molar refractivity (Wildman–Crippen MR) is 131 cm³/mol. The highest BCUT2D eigenvalue weighted by molar-refractivity contribution is 7.89. The van der Waals surface area contributed by atoms with Crippen LogP contribution in [-0.2, 0) is 19.6 Å². The van der Waals surface area contributed by atoms with Crippen LogP contribution in [0.5, 0.6) is 0 Å². The summed E-state index contributed by atoms with van der Waals surface area (Å²) >= 11 is 0. The molecular formula is C24H22FN5O4S. The minimum atomic E-state index is -3.92. The molecule has 0 saturated carbocycles. The smallest absolute Gasteiger partial charge is 0.243 e. The van der Waals surface area contributed by atoms with E-state index in [1.165, 1.54) is 50.4 Å². The zero-order valence-electron chi connectivity index (χ0n) is 18.9. The largest absolute Gasteiger partial charge is 0.338 e. The van der Waals surface area contributed by atoms with Crippen molar-refractivity contribution in [2.75, 3.05) is 24.2 Å². The highest BCUT2D eigenvalue weighted by Crippen LogP contribution is 2.24. The van der Waals surface area contributed by atoms with E-state index >= 15 is 0 Å². The Labute approximate surface area is 201 Å². The Morgan fingerprint density at radius 3 is 2.40 bits per heavy atom. The summed E-state index contributed by atoms with van der Waals surface area (Å²) in [6.07, 6.45) is 0. The average molecular weight is 496 g/mol. The first-order valence-corrected chi connectivity index (χ1v) is 12.0. The van der Waals surface area contributed by atoms with Crippen LogP contribution < -0.4 is 10.6 Å². The molecule has 0 aliphatic carbocycles. The van der Waals surface area contributed by atoms with E-state index in [1.54, 1.807) is 30.3 Å². The van der Waals surface area contributed by atoms with E-state index in [0.717, 1.165) is 4.31 Å². The van der Waals surface area contributed by atoms with Crippen molar-refractivity contribution in [1.29, 1.82) is 0 Å². The fourth-order valence-electron chi connectivity index (χ4n) is 3.44. The summed E-state index contributed by atoms with van der Waals surface area (Å²) in [6, 6.07) is 16.7. The number of H-pyrrole nitrogens is 1. The minimum absolute atomic E-state index is 0.00865. The number of aromatic amines is 1. The molecule has 180 valence electrons. The number of benzene rings is 3. The Morgan fingerprint density at radius 1 is 1.00 bits per heavy atom. The summed E-state index contributed by atoms with van der Waals surface area (Å²) in [6.45, 7) is 0.940. The van der Waals surface area contributed by atoms with E-state index in [1.807, 2.05) is 0 Å². The Bertz CT molecular complexity index is 1520. The maximum Gasteiger partial charge on any atom is 0.243 e. The minimum Gasteiger partial charge on any atom is -0.338 e. The van der Waals surface area contributed by atoms with Crippen molar-refractivity contribution in [3.8, 4) is 11.4 Å². The normalized spacial score (nSPS) is 11.5. The number of amides is 2. The van der Waals surface area contributed by atoms with E-state index in [0.29, 0.717) is 33.8 Å². The molecule has 3 aromatic carbocycles. The number of hydrogen-bond acceptors (Lipinski definition) is 5. The number of likely N-dealkylation sites (N-methyl/N-ethyl adjacent to an activating group) is 1. The van der Waals surface area contributed by atoms with Gasteiger partial charge < -0.3 is 15.6 Å². The van der Waals surface area contributed by atoms with Crippen LogP contribution in [0.4, 0.5) is 15.8 Å². The lowest BCUT2D eigenvalue weighted by Crippen LogP contribution is -2.34. The van der Waals surface area contributed by atoms with Crippen LogP contribution >= 0.6 is 0 Å². The van der Waals surface area contributed by atoms with Gasteiger partial charge in [-0.2, -0.15) is 4.31 Å². The summed E-state index contributed by atoms with van der Waals surface area (Å²) in [4.78, 5) is 31.2. The third-order valence-electron chi connectivity index (χ3n) is 5.11. The number of nitrogens with one attached hydrogen (secondary N) is 3. The van der Waals surface area contributed by atoms with E-state index < -0.39 is 22.5 Å². The lowest BCUT2D eigenvalue weighted by molar-refractivity contribution is -0.116. The predicted octanol–water partition coefficient (Wildman–Crippen LogP) is 3.59. The van der Waals surface area contributed by atoms with Gasteiger partial charge in [0, 0.05) is 30.9 Å². The van der Waals surface area contributed by atoms with Gasteiger partial charge in [0.05, 0.1) is 22.5 Å².